The summed E-state index contributed by atoms with van der Waals surface area (Å²) in [5.74, 6) is -0.139. The van der Waals surface area contributed by atoms with Crippen molar-refractivity contribution in [2.24, 2.45) is 0 Å². The number of hydrogen-bond donors (Lipinski definition) is 1. The lowest BCUT2D eigenvalue weighted by molar-refractivity contribution is -0.120. The molecule has 0 fully saturated rings. The van der Waals surface area contributed by atoms with Gasteiger partial charge in [0.25, 0.3) is 0 Å². The molecule has 124 valence electrons. The van der Waals surface area contributed by atoms with E-state index in [-0.39, 0.29) is 11.9 Å². The van der Waals surface area contributed by atoms with Gasteiger partial charge in [0.05, 0.1) is 27.7 Å². The number of nitrogens with zero attached hydrogens (tertiary/aromatic N) is 2. The monoisotopic (exact) mass is 361 g/mol. The molecular formula is C18H17Cl2N3O. The maximum Gasteiger partial charge on any atom is 0.241 e. The Kier molecular flexibility index (Phi) is 6.22. The Morgan fingerprint density at radius 1 is 1.25 bits per heavy atom. The van der Waals surface area contributed by atoms with E-state index in [0.717, 1.165) is 5.56 Å². The highest BCUT2D eigenvalue weighted by atomic mass is 35.5. The third-order valence-electron chi connectivity index (χ3n) is 3.77. The van der Waals surface area contributed by atoms with Gasteiger partial charge in [-0.3, -0.25) is 9.69 Å². The van der Waals surface area contributed by atoms with E-state index in [0.29, 0.717) is 27.8 Å². The molecule has 0 saturated heterocycles. The number of halogens is 2. The second-order valence-corrected chi connectivity index (χ2v) is 6.27. The number of nitriles is 1. The van der Waals surface area contributed by atoms with Gasteiger partial charge in [-0.25, -0.2) is 0 Å². The Morgan fingerprint density at radius 3 is 2.54 bits per heavy atom. The molecule has 0 saturated carbocycles. The predicted molar refractivity (Wildman–Crippen MR) is 97.2 cm³/mol. The highest BCUT2D eigenvalue weighted by Gasteiger charge is 2.19. The molecular weight excluding hydrogens is 345 g/mol. The predicted octanol–water partition coefficient (Wildman–Crippen LogP) is 4.32. The van der Waals surface area contributed by atoms with E-state index in [1.807, 2.05) is 37.1 Å². The van der Waals surface area contributed by atoms with E-state index in [1.54, 1.807) is 30.3 Å². The molecule has 24 heavy (non-hydrogen) atoms. The molecule has 0 aliphatic rings. The molecule has 1 N–H and O–H groups in total. The van der Waals surface area contributed by atoms with Crippen LogP contribution in [0.15, 0.2) is 42.5 Å². The third-order valence-corrected chi connectivity index (χ3v) is 4.63. The van der Waals surface area contributed by atoms with E-state index >= 15 is 0 Å². The van der Waals surface area contributed by atoms with Crippen molar-refractivity contribution in [1.29, 1.82) is 5.26 Å². The van der Waals surface area contributed by atoms with Gasteiger partial charge in [0.15, 0.2) is 0 Å². The molecule has 1 amide bonds. The van der Waals surface area contributed by atoms with Gasteiger partial charge >= 0.3 is 0 Å². The second kappa shape index (κ2) is 8.16. The number of benzene rings is 2. The van der Waals surface area contributed by atoms with E-state index in [2.05, 4.69) is 5.32 Å². The summed E-state index contributed by atoms with van der Waals surface area (Å²) in [4.78, 5) is 14.3. The molecule has 0 aliphatic carbocycles. The molecule has 0 spiro atoms. The molecule has 0 unspecified atom stereocenters. The molecule has 2 rings (SSSR count). The van der Waals surface area contributed by atoms with Crippen LogP contribution in [0.5, 0.6) is 0 Å². The van der Waals surface area contributed by atoms with Gasteiger partial charge < -0.3 is 5.32 Å². The summed E-state index contributed by atoms with van der Waals surface area (Å²) in [7, 11) is 1.85. The van der Waals surface area contributed by atoms with Crippen LogP contribution >= 0.6 is 23.2 Å². The standard InChI is InChI=1S/C18H17Cl2N3O/c1-12(18(24)22-15-8-6-13(10-21)7-9-15)23(2)11-14-4-3-5-16(19)17(14)20/h3-9,12H,11H2,1-2H3,(H,22,24)/t12-/m0/s1. The average Bonchev–Trinajstić information content (AvgIpc) is 2.58. The summed E-state index contributed by atoms with van der Waals surface area (Å²) in [5.41, 5.74) is 2.07. The molecule has 1 atom stereocenters. The van der Waals surface area contributed by atoms with Crippen LogP contribution < -0.4 is 5.32 Å². The molecule has 0 heterocycles. The van der Waals surface area contributed by atoms with Gasteiger partial charge in [-0.2, -0.15) is 5.26 Å². The lowest BCUT2D eigenvalue weighted by atomic mass is 10.1. The number of anilines is 1. The largest absolute Gasteiger partial charge is 0.325 e. The average molecular weight is 362 g/mol. The zero-order valence-electron chi connectivity index (χ0n) is 13.4. The van der Waals surface area contributed by atoms with Gasteiger partial charge in [-0.15, -0.1) is 0 Å². The lowest BCUT2D eigenvalue weighted by Gasteiger charge is -2.24. The molecule has 0 aliphatic heterocycles. The summed E-state index contributed by atoms with van der Waals surface area (Å²) in [6.45, 7) is 2.32. The molecule has 6 heteroatoms. The quantitative estimate of drug-likeness (QED) is 0.862. The second-order valence-electron chi connectivity index (χ2n) is 5.48. The summed E-state index contributed by atoms with van der Waals surface area (Å²) in [5, 5.41) is 12.6. The van der Waals surface area contributed by atoms with Gasteiger partial charge in [0.1, 0.15) is 0 Å². The van der Waals surface area contributed by atoms with Crippen LogP contribution in [0.2, 0.25) is 10.0 Å². The molecule has 0 aromatic heterocycles. The van der Waals surface area contributed by atoms with Crippen molar-refractivity contribution in [1.82, 2.24) is 4.90 Å². The van der Waals surface area contributed by atoms with Gasteiger partial charge in [-0.05, 0) is 49.9 Å². The van der Waals surface area contributed by atoms with E-state index in [1.165, 1.54) is 0 Å². The number of nitrogens with one attached hydrogen (secondary N) is 1. The maximum absolute atomic E-state index is 12.4. The molecule has 0 bridgehead atoms. The van der Waals surface area contributed by atoms with Crippen LogP contribution in [0.3, 0.4) is 0 Å². The van der Waals surface area contributed by atoms with Crippen molar-refractivity contribution in [2.45, 2.75) is 19.5 Å². The van der Waals surface area contributed by atoms with Crippen molar-refractivity contribution < 1.29 is 4.79 Å². The number of rotatable bonds is 5. The highest BCUT2D eigenvalue weighted by Crippen LogP contribution is 2.26. The molecule has 0 radical (unpaired) electrons. The van der Waals surface area contributed by atoms with Crippen LogP contribution in [0.1, 0.15) is 18.1 Å². The lowest BCUT2D eigenvalue weighted by Crippen LogP contribution is -2.39. The number of carbonyl (C=O) groups excluding carboxylic acids is 1. The Hall–Kier alpha value is -2.06. The summed E-state index contributed by atoms with van der Waals surface area (Å²) in [6.07, 6.45) is 0. The Balaban J connectivity index is 2.01. The van der Waals surface area contributed by atoms with Crippen molar-refractivity contribution >= 4 is 34.8 Å². The fourth-order valence-electron chi connectivity index (χ4n) is 2.15. The Labute approximate surface area is 151 Å². The van der Waals surface area contributed by atoms with Gasteiger partial charge in [-0.1, -0.05) is 35.3 Å². The van der Waals surface area contributed by atoms with Crippen LogP contribution in [-0.4, -0.2) is 23.9 Å². The van der Waals surface area contributed by atoms with Crippen molar-refractivity contribution in [3.8, 4) is 6.07 Å². The molecule has 2 aromatic rings. The molecule has 2 aromatic carbocycles. The summed E-state index contributed by atoms with van der Waals surface area (Å²) < 4.78 is 0. The first-order valence-electron chi connectivity index (χ1n) is 7.36. The maximum atomic E-state index is 12.4. The summed E-state index contributed by atoms with van der Waals surface area (Å²) in [6, 6.07) is 13.9. The molecule has 4 nitrogen and oxygen atoms in total. The van der Waals surface area contributed by atoms with Gasteiger partial charge in [0.2, 0.25) is 5.91 Å². The van der Waals surface area contributed by atoms with Crippen LogP contribution in [0, 0.1) is 11.3 Å². The summed E-state index contributed by atoms with van der Waals surface area (Å²) >= 11 is 12.2. The SMILES string of the molecule is C[C@@H](C(=O)Nc1ccc(C#N)cc1)N(C)Cc1cccc(Cl)c1Cl. The highest BCUT2D eigenvalue weighted by molar-refractivity contribution is 6.42. The van der Waals surface area contributed by atoms with Crippen molar-refractivity contribution in [3.63, 3.8) is 0 Å². The first-order valence-corrected chi connectivity index (χ1v) is 8.12. The number of likely N-dealkylation sites (N-methyl/N-ethyl adjacent to an activating group) is 1. The van der Waals surface area contributed by atoms with Crippen LogP contribution in [0.25, 0.3) is 0 Å². The smallest absolute Gasteiger partial charge is 0.241 e. The topological polar surface area (TPSA) is 56.1 Å². The van der Waals surface area contributed by atoms with Crippen LogP contribution in [0.4, 0.5) is 5.69 Å². The van der Waals surface area contributed by atoms with E-state index in [4.69, 9.17) is 28.5 Å². The van der Waals surface area contributed by atoms with E-state index < -0.39 is 0 Å². The minimum Gasteiger partial charge on any atom is -0.325 e. The minimum absolute atomic E-state index is 0.139. The Morgan fingerprint density at radius 2 is 1.92 bits per heavy atom. The first kappa shape index (κ1) is 18.3. The normalized spacial score (nSPS) is 11.8. The minimum atomic E-state index is -0.365. The van der Waals surface area contributed by atoms with Gasteiger partial charge in [0, 0.05) is 12.2 Å². The number of carbonyl (C=O) groups is 1. The fourth-order valence-corrected chi connectivity index (χ4v) is 2.53. The van der Waals surface area contributed by atoms with E-state index in [9.17, 15) is 4.79 Å². The Bertz CT molecular complexity index is 769. The van der Waals surface area contributed by atoms with Crippen molar-refractivity contribution in [3.05, 3.63) is 63.6 Å². The fraction of sp³-hybridized carbons (Fsp3) is 0.222. The number of amides is 1. The third kappa shape index (κ3) is 4.48. The zero-order chi connectivity index (χ0) is 17.7. The van der Waals surface area contributed by atoms with Crippen LogP contribution in [-0.2, 0) is 11.3 Å². The number of hydrogen-bond acceptors (Lipinski definition) is 3. The zero-order valence-corrected chi connectivity index (χ0v) is 14.9. The first-order chi connectivity index (χ1) is 11.4. The van der Waals surface area contributed by atoms with Crippen molar-refractivity contribution in [2.75, 3.05) is 12.4 Å².